The zero-order valence-corrected chi connectivity index (χ0v) is 13.9. The van der Waals surface area contributed by atoms with Gasteiger partial charge in [-0.2, -0.15) is 13.2 Å². The van der Waals surface area contributed by atoms with Gasteiger partial charge in [0.2, 0.25) is 5.91 Å². The fourth-order valence-electron chi connectivity index (χ4n) is 2.42. The van der Waals surface area contributed by atoms with E-state index in [0.717, 1.165) is 12.1 Å². The zero-order chi connectivity index (χ0) is 18.4. The van der Waals surface area contributed by atoms with Crippen molar-refractivity contribution in [3.63, 3.8) is 0 Å². The average molecular weight is 391 g/mol. The van der Waals surface area contributed by atoms with Crippen LogP contribution >= 0.6 is 11.6 Å². The quantitative estimate of drug-likeness (QED) is 0.840. The van der Waals surface area contributed by atoms with Gasteiger partial charge in [-0.1, -0.05) is 11.6 Å². The summed E-state index contributed by atoms with van der Waals surface area (Å²) in [6.45, 7) is 0. The second-order valence-corrected chi connectivity index (χ2v) is 7.46. The molecule has 1 amide bonds. The summed E-state index contributed by atoms with van der Waals surface area (Å²) in [6.07, 6.45) is -4.77. The van der Waals surface area contributed by atoms with Gasteiger partial charge in [0.25, 0.3) is 10.0 Å². The van der Waals surface area contributed by atoms with Crippen LogP contribution in [-0.4, -0.2) is 14.3 Å². The third kappa shape index (κ3) is 3.57. The van der Waals surface area contributed by atoms with Crippen LogP contribution in [-0.2, 0) is 27.4 Å². The van der Waals surface area contributed by atoms with E-state index in [9.17, 15) is 26.4 Å². The van der Waals surface area contributed by atoms with Crippen molar-refractivity contribution in [3.8, 4) is 0 Å². The number of carbonyl (C=O) groups excluding carboxylic acids is 1. The highest BCUT2D eigenvalue weighted by atomic mass is 35.5. The highest BCUT2D eigenvalue weighted by Crippen LogP contribution is 2.37. The molecule has 2 aromatic carbocycles. The van der Waals surface area contributed by atoms with E-state index in [0.29, 0.717) is 17.3 Å². The first kappa shape index (κ1) is 17.6. The minimum atomic E-state index is -4.78. The summed E-state index contributed by atoms with van der Waals surface area (Å²) >= 11 is 5.57. The minimum Gasteiger partial charge on any atom is -0.326 e. The molecule has 0 atom stereocenters. The molecule has 132 valence electrons. The highest BCUT2D eigenvalue weighted by molar-refractivity contribution is 7.92. The Balaban J connectivity index is 1.98. The number of amides is 1. The van der Waals surface area contributed by atoms with E-state index in [1.54, 1.807) is 0 Å². The van der Waals surface area contributed by atoms with Crippen LogP contribution in [0.4, 0.5) is 24.5 Å². The molecule has 0 aliphatic carbocycles. The molecule has 2 N–H and O–H groups in total. The third-order valence-electron chi connectivity index (χ3n) is 3.54. The van der Waals surface area contributed by atoms with Gasteiger partial charge in [-0.25, -0.2) is 8.42 Å². The molecule has 0 saturated carbocycles. The zero-order valence-electron chi connectivity index (χ0n) is 12.3. The Kier molecular flexibility index (Phi) is 4.16. The monoisotopic (exact) mass is 390 g/mol. The molecule has 10 heteroatoms. The van der Waals surface area contributed by atoms with Crippen molar-refractivity contribution in [3.05, 3.63) is 52.5 Å². The van der Waals surface area contributed by atoms with Gasteiger partial charge in [0.15, 0.2) is 0 Å². The van der Waals surface area contributed by atoms with E-state index in [2.05, 4.69) is 5.32 Å². The van der Waals surface area contributed by atoms with Crippen molar-refractivity contribution in [1.82, 2.24) is 0 Å². The van der Waals surface area contributed by atoms with Crippen molar-refractivity contribution in [2.24, 2.45) is 0 Å². The second kappa shape index (κ2) is 5.92. The van der Waals surface area contributed by atoms with Gasteiger partial charge in [-0.15, -0.1) is 0 Å². The number of hydrogen-bond acceptors (Lipinski definition) is 3. The van der Waals surface area contributed by atoms with E-state index < -0.39 is 27.5 Å². The van der Waals surface area contributed by atoms with E-state index in [-0.39, 0.29) is 22.2 Å². The van der Waals surface area contributed by atoms with E-state index >= 15 is 0 Å². The Morgan fingerprint density at radius 1 is 1.12 bits per heavy atom. The van der Waals surface area contributed by atoms with Gasteiger partial charge in [0, 0.05) is 10.7 Å². The Labute approximate surface area is 145 Å². The summed E-state index contributed by atoms with van der Waals surface area (Å²) in [5, 5.41) is 2.37. The van der Waals surface area contributed by atoms with Gasteiger partial charge in [-0.05, 0) is 42.0 Å². The van der Waals surface area contributed by atoms with Gasteiger partial charge in [-0.3, -0.25) is 9.52 Å². The van der Waals surface area contributed by atoms with Gasteiger partial charge < -0.3 is 5.32 Å². The number of halogens is 4. The normalized spacial score (nSPS) is 14.2. The van der Waals surface area contributed by atoms with Crippen LogP contribution in [0.5, 0.6) is 0 Å². The maximum Gasteiger partial charge on any atom is 0.418 e. The van der Waals surface area contributed by atoms with Gasteiger partial charge in [0.05, 0.1) is 22.6 Å². The first-order chi connectivity index (χ1) is 11.6. The first-order valence-corrected chi connectivity index (χ1v) is 8.75. The number of sulfonamides is 1. The minimum absolute atomic E-state index is 0.00738. The number of alkyl halides is 3. The van der Waals surface area contributed by atoms with Crippen LogP contribution < -0.4 is 10.0 Å². The number of hydrogen-bond donors (Lipinski definition) is 2. The largest absolute Gasteiger partial charge is 0.418 e. The van der Waals surface area contributed by atoms with Gasteiger partial charge >= 0.3 is 6.18 Å². The molecule has 0 aromatic heterocycles. The van der Waals surface area contributed by atoms with Crippen LogP contribution in [0.1, 0.15) is 11.1 Å². The Hall–Kier alpha value is -2.26. The molecule has 1 heterocycles. The summed E-state index contributed by atoms with van der Waals surface area (Å²) in [4.78, 5) is 11.1. The lowest BCUT2D eigenvalue weighted by Crippen LogP contribution is -2.17. The molecule has 25 heavy (non-hydrogen) atoms. The number of carbonyl (C=O) groups is 1. The maximum atomic E-state index is 13.1. The molecular formula is C15H10ClF3N2O3S. The van der Waals surface area contributed by atoms with Crippen LogP contribution in [0.3, 0.4) is 0 Å². The summed E-state index contributed by atoms with van der Waals surface area (Å²) in [5.74, 6) is -0.283. The molecule has 1 aliphatic rings. The molecule has 1 aliphatic heterocycles. The Morgan fingerprint density at radius 3 is 2.52 bits per heavy atom. The molecule has 0 spiro atoms. The van der Waals surface area contributed by atoms with Crippen LogP contribution in [0.25, 0.3) is 0 Å². The van der Waals surface area contributed by atoms with Crippen LogP contribution in [0, 0.1) is 0 Å². The van der Waals surface area contributed by atoms with Crippen LogP contribution in [0.15, 0.2) is 41.3 Å². The van der Waals surface area contributed by atoms with E-state index in [1.165, 1.54) is 18.2 Å². The number of fused-ring (bicyclic) bond motifs is 1. The van der Waals surface area contributed by atoms with E-state index in [1.807, 2.05) is 4.72 Å². The van der Waals surface area contributed by atoms with Crippen molar-refractivity contribution in [2.45, 2.75) is 17.5 Å². The predicted octanol–water partition coefficient (Wildman–Crippen LogP) is 3.65. The Bertz CT molecular complexity index is 974. The summed E-state index contributed by atoms with van der Waals surface area (Å²) in [7, 11) is -4.28. The standard InChI is InChI=1S/C15H10ClF3N2O3S/c16-9-1-3-13(11(7-9)15(17,18)19)21-25(23,24)10-2-4-12-8(5-10)6-14(22)20-12/h1-5,7,21H,6H2,(H,20,22). The molecule has 2 aromatic rings. The third-order valence-corrected chi connectivity index (χ3v) is 5.14. The average Bonchev–Trinajstić information content (AvgIpc) is 2.87. The van der Waals surface area contributed by atoms with Crippen molar-refractivity contribution < 1.29 is 26.4 Å². The molecule has 0 unspecified atom stereocenters. The lowest BCUT2D eigenvalue weighted by Gasteiger charge is -2.15. The molecule has 0 fully saturated rings. The topological polar surface area (TPSA) is 75.3 Å². The van der Waals surface area contributed by atoms with Crippen molar-refractivity contribution in [2.75, 3.05) is 10.0 Å². The second-order valence-electron chi connectivity index (χ2n) is 5.34. The lowest BCUT2D eigenvalue weighted by molar-refractivity contribution is -0.136. The Morgan fingerprint density at radius 2 is 1.84 bits per heavy atom. The van der Waals surface area contributed by atoms with E-state index in [4.69, 9.17) is 11.6 Å². The molecule has 0 saturated heterocycles. The predicted molar refractivity (Wildman–Crippen MR) is 86.0 cm³/mol. The lowest BCUT2D eigenvalue weighted by atomic mass is 10.2. The van der Waals surface area contributed by atoms with Gasteiger partial charge in [0.1, 0.15) is 0 Å². The van der Waals surface area contributed by atoms with Crippen molar-refractivity contribution >= 4 is 38.9 Å². The summed E-state index contributed by atoms with van der Waals surface area (Å²) in [5.41, 5.74) is -0.889. The van der Waals surface area contributed by atoms with Crippen LogP contribution in [0.2, 0.25) is 5.02 Å². The molecule has 0 bridgehead atoms. The number of rotatable bonds is 3. The van der Waals surface area contributed by atoms with Crippen molar-refractivity contribution in [1.29, 1.82) is 0 Å². The molecule has 3 rings (SSSR count). The summed E-state index contributed by atoms with van der Waals surface area (Å²) in [6, 6.07) is 6.59. The smallest absolute Gasteiger partial charge is 0.326 e. The fraction of sp³-hybridized carbons (Fsp3) is 0.133. The number of nitrogens with one attached hydrogen (secondary N) is 2. The summed E-state index contributed by atoms with van der Waals surface area (Å²) < 4.78 is 66.1. The SMILES string of the molecule is O=C1Cc2cc(S(=O)(=O)Nc3ccc(Cl)cc3C(F)(F)F)ccc2N1. The maximum absolute atomic E-state index is 13.1. The molecule has 5 nitrogen and oxygen atoms in total. The highest BCUT2D eigenvalue weighted by Gasteiger charge is 2.35. The first-order valence-electron chi connectivity index (χ1n) is 6.88. The number of anilines is 2. The fourth-order valence-corrected chi connectivity index (χ4v) is 3.72. The number of benzene rings is 2. The molecule has 0 radical (unpaired) electrons. The molecular weight excluding hydrogens is 381 g/mol.